The number of amides is 3. The molecule has 2 aromatic rings. The van der Waals surface area contributed by atoms with E-state index in [4.69, 9.17) is 23.2 Å². The number of para-hydroxylation sites is 1. The van der Waals surface area contributed by atoms with Crippen molar-refractivity contribution in [3.63, 3.8) is 0 Å². The number of carbonyl (C=O) groups excluding carboxylic acids is 3. The number of likely N-dealkylation sites (tertiary alicyclic amines) is 1. The van der Waals surface area contributed by atoms with E-state index < -0.39 is 23.4 Å². The predicted molar refractivity (Wildman–Crippen MR) is 134 cm³/mol. The molecule has 0 saturated carbocycles. The van der Waals surface area contributed by atoms with Crippen molar-refractivity contribution in [2.24, 2.45) is 5.92 Å². The summed E-state index contributed by atoms with van der Waals surface area (Å²) in [6.07, 6.45) is 0.591. The van der Waals surface area contributed by atoms with E-state index in [1.807, 2.05) is 38.1 Å². The van der Waals surface area contributed by atoms with Gasteiger partial charge in [0.2, 0.25) is 11.8 Å². The third kappa shape index (κ3) is 4.49. The average molecular weight is 513 g/mol. The summed E-state index contributed by atoms with van der Waals surface area (Å²) in [6, 6.07) is 12.5. The van der Waals surface area contributed by atoms with E-state index in [1.54, 1.807) is 7.05 Å². The zero-order valence-electron chi connectivity index (χ0n) is 19.7. The highest BCUT2D eigenvalue weighted by atomic mass is 35.5. The van der Waals surface area contributed by atoms with E-state index >= 15 is 0 Å². The number of nitriles is 1. The minimum atomic E-state index is -0.988. The number of rotatable bonds is 5. The molecule has 4 rings (SSSR count). The Morgan fingerprint density at radius 3 is 2.51 bits per heavy atom. The maximum Gasteiger partial charge on any atom is 0.254 e. The summed E-state index contributed by atoms with van der Waals surface area (Å²) in [6.45, 7) is 4.00. The summed E-state index contributed by atoms with van der Waals surface area (Å²) in [5.41, 5.74) is 0.773. The number of halogens is 2. The Kier molecular flexibility index (Phi) is 6.81. The van der Waals surface area contributed by atoms with Gasteiger partial charge in [0.25, 0.3) is 5.91 Å². The molecule has 0 aromatic heterocycles. The van der Waals surface area contributed by atoms with Gasteiger partial charge in [0.15, 0.2) is 0 Å². The Morgan fingerprint density at radius 1 is 1.23 bits per heavy atom. The highest BCUT2D eigenvalue weighted by Crippen LogP contribution is 2.46. The van der Waals surface area contributed by atoms with Crippen LogP contribution in [0.1, 0.15) is 42.6 Å². The lowest BCUT2D eigenvalue weighted by molar-refractivity contribution is -0.136. The van der Waals surface area contributed by atoms with Crippen LogP contribution in [0.4, 0.5) is 5.69 Å². The molecule has 2 aromatic carbocycles. The van der Waals surface area contributed by atoms with Crippen molar-refractivity contribution in [1.82, 2.24) is 9.80 Å². The van der Waals surface area contributed by atoms with Crippen LogP contribution in [-0.4, -0.2) is 53.2 Å². The minimum Gasteiger partial charge on any atom is -0.330 e. The molecule has 0 radical (unpaired) electrons. The van der Waals surface area contributed by atoms with Gasteiger partial charge < -0.3 is 15.1 Å². The average Bonchev–Trinajstić information content (AvgIpc) is 3.33. The molecule has 1 saturated heterocycles. The fourth-order valence-electron chi connectivity index (χ4n) is 5.07. The summed E-state index contributed by atoms with van der Waals surface area (Å²) >= 11 is 12.2. The predicted octanol–water partition coefficient (Wildman–Crippen LogP) is 4.49. The topological polar surface area (TPSA) is 93.5 Å². The summed E-state index contributed by atoms with van der Waals surface area (Å²) in [5.74, 6) is -0.884. The number of benzene rings is 2. The number of likely N-dealkylation sites (N-methyl/N-ethyl adjacent to an activating group) is 1. The maximum absolute atomic E-state index is 13.9. The van der Waals surface area contributed by atoms with E-state index in [2.05, 4.69) is 11.4 Å². The van der Waals surface area contributed by atoms with Gasteiger partial charge in [0.05, 0.1) is 11.5 Å². The maximum atomic E-state index is 13.9. The van der Waals surface area contributed by atoms with E-state index in [9.17, 15) is 19.6 Å². The van der Waals surface area contributed by atoms with E-state index in [1.165, 1.54) is 28.0 Å². The normalized spacial score (nSPS) is 21.6. The third-order valence-electron chi connectivity index (χ3n) is 6.79. The zero-order valence-corrected chi connectivity index (χ0v) is 21.2. The largest absolute Gasteiger partial charge is 0.330 e. The van der Waals surface area contributed by atoms with Gasteiger partial charge in [-0.25, -0.2) is 0 Å². The Morgan fingerprint density at radius 2 is 1.89 bits per heavy atom. The first-order valence-corrected chi connectivity index (χ1v) is 12.2. The number of carbonyl (C=O) groups is 3. The molecule has 3 amide bonds. The van der Waals surface area contributed by atoms with Crippen LogP contribution in [0.15, 0.2) is 42.5 Å². The van der Waals surface area contributed by atoms with Crippen molar-refractivity contribution >= 4 is 46.6 Å². The fourth-order valence-corrected chi connectivity index (χ4v) is 5.60. The van der Waals surface area contributed by atoms with Gasteiger partial charge in [0, 0.05) is 41.3 Å². The number of hydrogen-bond acceptors (Lipinski definition) is 4. The second-order valence-corrected chi connectivity index (χ2v) is 10.5. The highest BCUT2D eigenvalue weighted by molar-refractivity contribution is 6.35. The molecular formula is C26H26Cl2N4O3. The van der Waals surface area contributed by atoms with Crippen molar-refractivity contribution in [3.05, 3.63) is 63.6 Å². The summed E-state index contributed by atoms with van der Waals surface area (Å²) in [7, 11) is 1.56. The second-order valence-electron chi connectivity index (χ2n) is 9.62. The second kappa shape index (κ2) is 9.52. The molecule has 2 aliphatic heterocycles. The number of anilines is 1. The van der Waals surface area contributed by atoms with Crippen LogP contribution in [0.2, 0.25) is 10.0 Å². The van der Waals surface area contributed by atoms with Crippen molar-refractivity contribution < 1.29 is 14.4 Å². The van der Waals surface area contributed by atoms with Crippen molar-refractivity contribution in [2.75, 3.05) is 18.9 Å². The third-order valence-corrected chi connectivity index (χ3v) is 7.23. The Hall–Kier alpha value is -3.08. The highest BCUT2D eigenvalue weighted by Gasteiger charge is 2.56. The Balaban J connectivity index is 1.66. The van der Waals surface area contributed by atoms with Crippen LogP contribution >= 0.6 is 23.2 Å². The standard InChI is InChI=1S/C26H26Cl2N4O3/c1-15(2)8-22(31(3)23(33)16-9-17(27)11-18(28)10-16)24(34)32-14-26(12-19(32)13-29)20-6-4-5-7-21(20)30-25(26)35/h4-7,9-11,15,19,22H,8,12,14H2,1-3H3,(H,30,35)/t19-,22-,26-/m0/s1. The molecule has 182 valence electrons. The quantitative estimate of drug-likeness (QED) is 0.638. The number of nitrogens with one attached hydrogen (secondary N) is 1. The van der Waals surface area contributed by atoms with Crippen molar-refractivity contribution in [2.45, 2.75) is 44.2 Å². The summed E-state index contributed by atoms with van der Waals surface area (Å²) in [4.78, 5) is 43.2. The molecule has 35 heavy (non-hydrogen) atoms. The van der Waals surface area contributed by atoms with Crippen LogP contribution in [0, 0.1) is 17.2 Å². The van der Waals surface area contributed by atoms with Gasteiger partial charge >= 0.3 is 0 Å². The van der Waals surface area contributed by atoms with E-state index in [0.29, 0.717) is 22.2 Å². The molecule has 0 aliphatic carbocycles. The number of hydrogen-bond donors (Lipinski definition) is 1. The van der Waals surface area contributed by atoms with Gasteiger partial charge in [-0.2, -0.15) is 5.26 Å². The van der Waals surface area contributed by atoms with Crippen LogP contribution < -0.4 is 5.32 Å². The fraction of sp³-hybridized carbons (Fsp3) is 0.385. The first-order chi connectivity index (χ1) is 16.6. The van der Waals surface area contributed by atoms with Crippen LogP contribution in [0.25, 0.3) is 0 Å². The lowest BCUT2D eigenvalue weighted by Crippen LogP contribution is -2.52. The monoisotopic (exact) mass is 512 g/mol. The van der Waals surface area contributed by atoms with Crippen molar-refractivity contribution in [1.29, 1.82) is 5.26 Å². The van der Waals surface area contributed by atoms with Gasteiger partial charge in [-0.15, -0.1) is 0 Å². The van der Waals surface area contributed by atoms with Gasteiger partial charge in [0.1, 0.15) is 12.1 Å². The van der Waals surface area contributed by atoms with Crippen molar-refractivity contribution in [3.8, 4) is 6.07 Å². The van der Waals surface area contributed by atoms with Crippen LogP contribution in [0.5, 0.6) is 0 Å². The minimum absolute atomic E-state index is 0.0759. The van der Waals surface area contributed by atoms with Gasteiger partial charge in [-0.1, -0.05) is 55.2 Å². The first kappa shape index (κ1) is 25.0. The van der Waals surface area contributed by atoms with Crippen LogP contribution in [-0.2, 0) is 15.0 Å². The van der Waals surface area contributed by atoms with Gasteiger partial charge in [-0.3, -0.25) is 14.4 Å². The molecule has 1 N–H and O–H groups in total. The molecule has 9 heteroatoms. The molecule has 0 bridgehead atoms. The van der Waals surface area contributed by atoms with Gasteiger partial charge in [-0.05, 0) is 42.2 Å². The molecular weight excluding hydrogens is 487 g/mol. The van der Waals surface area contributed by atoms with Crippen LogP contribution in [0.3, 0.4) is 0 Å². The Labute approximate surface area is 214 Å². The smallest absolute Gasteiger partial charge is 0.254 e. The Bertz CT molecular complexity index is 1220. The van der Waals surface area contributed by atoms with E-state index in [-0.39, 0.29) is 36.3 Å². The lowest BCUT2D eigenvalue weighted by Gasteiger charge is -2.33. The molecule has 2 aliphatic rings. The molecule has 0 unspecified atom stereocenters. The zero-order chi connectivity index (χ0) is 25.5. The number of fused-ring (bicyclic) bond motifs is 2. The molecule has 3 atom stereocenters. The summed E-state index contributed by atoms with van der Waals surface area (Å²) in [5, 5.41) is 13.5. The molecule has 1 fully saturated rings. The molecule has 2 heterocycles. The summed E-state index contributed by atoms with van der Waals surface area (Å²) < 4.78 is 0. The molecule has 1 spiro atoms. The number of nitrogens with zero attached hydrogens (tertiary/aromatic N) is 3. The SMILES string of the molecule is CC(C)C[C@@H](C(=O)N1C[C@]2(C[C@H]1C#N)C(=O)Nc1ccccc12)N(C)C(=O)c1cc(Cl)cc(Cl)c1. The first-order valence-electron chi connectivity index (χ1n) is 11.4. The molecule has 7 nitrogen and oxygen atoms in total. The van der Waals surface area contributed by atoms with E-state index in [0.717, 1.165) is 5.56 Å². The lowest BCUT2D eigenvalue weighted by atomic mass is 9.80.